The molecule has 0 aromatic heterocycles. The topological polar surface area (TPSA) is 49.4 Å². The monoisotopic (exact) mass is 610 g/mol. The van der Waals surface area contributed by atoms with Crippen LogP contribution in [0.15, 0.2) is 66.7 Å². The van der Waals surface area contributed by atoms with Gasteiger partial charge in [-0.1, -0.05) is 102 Å². The van der Waals surface area contributed by atoms with Gasteiger partial charge in [0.05, 0.1) is 5.75 Å². The third-order valence-electron chi connectivity index (χ3n) is 5.95. The maximum Gasteiger partial charge on any atom is 0.243 e. The quantitative estimate of drug-likeness (QED) is 0.199. The molecule has 202 valence electrons. The summed E-state index contributed by atoms with van der Waals surface area (Å²) in [6.07, 6.45) is 2.19. The molecule has 1 atom stereocenters. The summed E-state index contributed by atoms with van der Waals surface area (Å²) in [7, 11) is 0. The maximum absolute atomic E-state index is 13.7. The minimum atomic E-state index is -0.715. The molecule has 0 heterocycles. The Morgan fingerprint density at radius 2 is 1.53 bits per heavy atom. The normalized spacial score (nSPS) is 11.7. The predicted molar refractivity (Wildman–Crippen MR) is 161 cm³/mol. The SMILES string of the molecule is CCCCNC(=O)[C@@H](Cc1ccccc1)N(Cc1ccc(Cl)cc1Cl)C(=O)CSCc1ccc(Cl)cc1Cl. The number of amides is 2. The van der Waals surface area contributed by atoms with Crippen LogP contribution in [0.4, 0.5) is 0 Å². The van der Waals surface area contributed by atoms with Crippen molar-refractivity contribution < 1.29 is 9.59 Å². The Balaban J connectivity index is 1.86. The van der Waals surface area contributed by atoms with E-state index in [0.29, 0.717) is 38.8 Å². The second-order valence-corrected chi connectivity index (χ2v) is 11.5. The average Bonchev–Trinajstić information content (AvgIpc) is 2.89. The summed E-state index contributed by atoms with van der Waals surface area (Å²) in [4.78, 5) is 28.8. The molecular formula is C29H30Cl4N2O2S. The number of hydrogen-bond donors (Lipinski definition) is 1. The molecule has 3 rings (SSSR count). The maximum atomic E-state index is 13.7. The fraction of sp³-hybridized carbons (Fsp3) is 0.310. The molecule has 0 radical (unpaired) electrons. The van der Waals surface area contributed by atoms with Crippen molar-refractivity contribution in [3.05, 3.63) is 104 Å². The summed E-state index contributed by atoms with van der Waals surface area (Å²) in [5.74, 6) is 0.338. The average molecular weight is 612 g/mol. The van der Waals surface area contributed by atoms with Gasteiger partial charge in [-0.25, -0.2) is 0 Å². The van der Waals surface area contributed by atoms with Crippen molar-refractivity contribution in [2.75, 3.05) is 12.3 Å². The summed E-state index contributed by atoms with van der Waals surface area (Å²) < 4.78 is 0. The first-order valence-electron chi connectivity index (χ1n) is 12.3. The number of nitrogens with one attached hydrogen (secondary N) is 1. The van der Waals surface area contributed by atoms with E-state index in [0.717, 1.165) is 29.5 Å². The fourth-order valence-corrected chi connectivity index (χ4v) is 5.80. The number of carbonyl (C=O) groups is 2. The van der Waals surface area contributed by atoms with E-state index in [1.54, 1.807) is 35.2 Å². The van der Waals surface area contributed by atoms with E-state index in [-0.39, 0.29) is 24.1 Å². The van der Waals surface area contributed by atoms with Crippen LogP contribution in [0, 0.1) is 0 Å². The molecule has 2 amide bonds. The van der Waals surface area contributed by atoms with Gasteiger partial charge >= 0.3 is 0 Å². The van der Waals surface area contributed by atoms with Gasteiger partial charge in [-0.3, -0.25) is 9.59 Å². The molecule has 1 N–H and O–H groups in total. The second-order valence-electron chi connectivity index (χ2n) is 8.84. The van der Waals surface area contributed by atoms with Crippen molar-refractivity contribution in [1.29, 1.82) is 0 Å². The van der Waals surface area contributed by atoms with E-state index in [1.165, 1.54) is 11.8 Å². The molecular weight excluding hydrogens is 582 g/mol. The Hall–Kier alpha value is -1.89. The fourth-order valence-electron chi connectivity index (χ4n) is 3.86. The molecule has 0 fully saturated rings. The van der Waals surface area contributed by atoms with Gasteiger partial charge in [0.25, 0.3) is 0 Å². The Kier molecular flexibility index (Phi) is 12.6. The Labute approximate surface area is 249 Å². The van der Waals surface area contributed by atoms with Crippen molar-refractivity contribution in [3.8, 4) is 0 Å². The van der Waals surface area contributed by atoms with E-state index in [4.69, 9.17) is 46.4 Å². The highest BCUT2D eigenvalue weighted by Crippen LogP contribution is 2.27. The van der Waals surface area contributed by atoms with Crippen LogP contribution >= 0.6 is 58.2 Å². The molecule has 4 nitrogen and oxygen atoms in total. The van der Waals surface area contributed by atoms with Crippen LogP contribution in [0.2, 0.25) is 20.1 Å². The number of benzene rings is 3. The lowest BCUT2D eigenvalue weighted by atomic mass is 10.0. The van der Waals surface area contributed by atoms with E-state index >= 15 is 0 Å². The largest absolute Gasteiger partial charge is 0.354 e. The first-order valence-corrected chi connectivity index (χ1v) is 15.0. The number of nitrogens with zero attached hydrogens (tertiary/aromatic N) is 1. The lowest BCUT2D eigenvalue weighted by Crippen LogP contribution is -2.51. The highest BCUT2D eigenvalue weighted by molar-refractivity contribution is 7.99. The number of unbranched alkanes of at least 4 members (excludes halogenated alkanes) is 1. The zero-order chi connectivity index (χ0) is 27.5. The molecule has 0 aliphatic heterocycles. The van der Waals surface area contributed by atoms with Gasteiger partial charge in [-0.05, 0) is 47.4 Å². The molecule has 3 aromatic rings. The van der Waals surface area contributed by atoms with Gasteiger partial charge in [0.2, 0.25) is 11.8 Å². The van der Waals surface area contributed by atoms with Crippen LogP contribution in [0.25, 0.3) is 0 Å². The van der Waals surface area contributed by atoms with E-state index in [9.17, 15) is 9.59 Å². The molecule has 0 aliphatic rings. The molecule has 9 heteroatoms. The minimum absolute atomic E-state index is 0.164. The van der Waals surface area contributed by atoms with Gasteiger partial charge in [0.1, 0.15) is 6.04 Å². The predicted octanol–water partition coefficient (Wildman–Crippen LogP) is 8.09. The van der Waals surface area contributed by atoms with Crippen molar-refractivity contribution in [3.63, 3.8) is 0 Å². The second kappa shape index (κ2) is 15.6. The zero-order valence-corrected chi connectivity index (χ0v) is 24.9. The van der Waals surface area contributed by atoms with Crippen molar-refractivity contribution in [2.24, 2.45) is 0 Å². The minimum Gasteiger partial charge on any atom is -0.354 e. The van der Waals surface area contributed by atoms with Gasteiger partial charge in [0, 0.05) is 45.4 Å². The van der Waals surface area contributed by atoms with E-state index in [2.05, 4.69) is 12.2 Å². The Bertz CT molecular complexity index is 1230. The Morgan fingerprint density at radius 1 is 0.895 bits per heavy atom. The first kappa shape index (κ1) is 30.6. The van der Waals surface area contributed by atoms with Gasteiger partial charge in [-0.15, -0.1) is 11.8 Å². The van der Waals surface area contributed by atoms with Crippen molar-refractivity contribution >= 4 is 70.0 Å². The highest BCUT2D eigenvalue weighted by atomic mass is 35.5. The van der Waals surface area contributed by atoms with Gasteiger partial charge < -0.3 is 10.2 Å². The van der Waals surface area contributed by atoms with Crippen LogP contribution in [0.5, 0.6) is 0 Å². The smallest absolute Gasteiger partial charge is 0.243 e. The van der Waals surface area contributed by atoms with Crippen LogP contribution < -0.4 is 5.32 Å². The van der Waals surface area contributed by atoms with Gasteiger partial charge in [0.15, 0.2) is 0 Å². The number of thioether (sulfide) groups is 1. The van der Waals surface area contributed by atoms with Gasteiger partial charge in [-0.2, -0.15) is 0 Å². The summed E-state index contributed by atoms with van der Waals surface area (Å²) in [6.45, 7) is 2.79. The summed E-state index contributed by atoms with van der Waals surface area (Å²) in [6, 6.07) is 19.5. The Morgan fingerprint density at radius 3 is 2.13 bits per heavy atom. The lowest BCUT2D eigenvalue weighted by molar-refractivity contribution is -0.139. The van der Waals surface area contributed by atoms with Crippen LogP contribution in [0.3, 0.4) is 0 Å². The summed E-state index contributed by atoms with van der Waals surface area (Å²) in [5.41, 5.74) is 2.57. The molecule has 0 unspecified atom stereocenters. The third-order valence-corrected chi connectivity index (χ3v) is 8.09. The van der Waals surface area contributed by atoms with E-state index < -0.39 is 6.04 Å². The molecule has 0 saturated heterocycles. The number of hydrogen-bond acceptors (Lipinski definition) is 3. The standard InChI is InChI=1S/C29H30Cl4N2O2S/c1-2-3-13-34-29(37)27(14-20-7-5-4-6-8-20)35(17-21-9-11-23(30)15-25(21)32)28(36)19-38-18-22-10-12-24(31)16-26(22)33/h4-12,15-16,27H,2-3,13-14,17-19H2,1H3,(H,34,37)/t27-/m1/s1. The van der Waals surface area contributed by atoms with E-state index in [1.807, 2.05) is 36.4 Å². The molecule has 0 bridgehead atoms. The van der Waals surface area contributed by atoms with Crippen molar-refractivity contribution in [1.82, 2.24) is 10.2 Å². The lowest BCUT2D eigenvalue weighted by Gasteiger charge is -2.32. The molecule has 0 spiro atoms. The van der Waals surface area contributed by atoms with Crippen LogP contribution in [-0.2, 0) is 28.3 Å². The molecule has 38 heavy (non-hydrogen) atoms. The van der Waals surface area contributed by atoms with Crippen LogP contribution in [0.1, 0.15) is 36.5 Å². The molecule has 0 saturated carbocycles. The first-order chi connectivity index (χ1) is 18.3. The summed E-state index contributed by atoms with van der Waals surface area (Å²) >= 11 is 26.3. The number of carbonyl (C=O) groups excluding carboxylic acids is 2. The molecule has 3 aromatic carbocycles. The third kappa shape index (κ3) is 9.39. The number of rotatable bonds is 13. The highest BCUT2D eigenvalue weighted by Gasteiger charge is 2.30. The summed E-state index contributed by atoms with van der Waals surface area (Å²) in [5, 5.41) is 5.08. The van der Waals surface area contributed by atoms with Crippen LogP contribution in [-0.4, -0.2) is 35.1 Å². The zero-order valence-electron chi connectivity index (χ0n) is 21.1. The van der Waals surface area contributed by atoms with Crippen molar-refractivity contribution in [2.45, 2.75) is 44.5 Å². The number of halogens is 4. The molecule has 0 aliphatic carbocycles.